The van der Waals surface area contributed by atoms with Crippen molar-refractivity contribution in [3.05, 3.63) is 65.7 Å². The maximum Gasteiger partial charge on any atom is 0.410 e. The van der Waals surface area contributed by atoms with Gasteiger partial charge < -0.3 is 14.8 Å². The second-order valence-electron chi connectivity index (χ2n) is 9.04. The summed E-state index contributed by atoms with van der Waals surface area (Å²) in [5, 5.41) is 2.98. The second-order valence-corrected chi connectivity index (χ2v) is 9.04. The minimum absolute atomic E-state index is 0.0764. The molecule has 2 heterocycles. The first-order chi connectivity index (χ1) is 15.3. The number of nitrogens with zero attached hydrogens (tertiary/aromatic N) is 2. The number of likely N-dealkylation sites (tertiary alicyclic amines) is 1. The van der Waals surface area contributed by atoms with Gasteiger partial charge in [-0.3, -0.25) is 9.69 Å². The molecule has 0 radical (unpaired) electrons. The Morgan fingerprint density at radius 2 is 1.81 bits per heavy atom. The van der Waals surface area contributed by atoms with Gasteiger partial charge in [-0.15, -0.1) is 0 Å². The summed E-state index contributed by atoms with van der Waals surface area (Å²) in [7, 11) is 0. The highest BCUT2D eigenvalue weighted by Gasteiger charge is 2.37. The third-order valence-corrected chi connectivity index (χ3v) is 5.43. The van der Waals surface area contributed by atoms with Gasteiger partial charge >= 0.3 is 6.09 Å². The van der Waals surface area contributed by atoms with E-state index in [9.17, 15) is 9.59 Å². The minimum Gasteiger partial charge on any atom is -0.475 e. The van der Waals surface area contributed by atoms with Crippen LogP contribution in [0.2, 0.25) is 0 Å². The molecule has 1 fully saturated rings. The lowest BCUT2D eigenvalue weighted by Crippen LogP contribution is -2.45. The molecule has 0 unspecified atom stereocenters. The van der Waals surface area contributed by atoms with Gasteiger partial charge in [0.1, 0.15) is 24.3 Å². The minimum atomic E-state index is -0.611. The van der Waals surface area contributed by atoms with Gasteiger partial charge in [0.05, 0.1) is 11.3 Å². The molecule has 2 aliphatic heterocycles. The lowest BCUT2D eigenvalue weighted by molar-refractivity contribution is -0.120. The summed E-state index contributed by atoms with van der Waals surface area (Å²) in [5.74, 6) is 0.268. The number of para-hydroxylation sites is 1. The Hall–Kier alpha value is -3.35. The highest BCUT2D eigenvalue weighted by atomic mass is 16.6. The van der Waals surface area contributed by atoms with E-state index in [0.29, 0.717) is 31.2 Å². The molecule has 0 aromatic heterocycles. The number of carbonyl (C=O) groups is 2. The standard InChI is InChI=1S/C25H29N3O4/c1-25(2,3)32-24(30)28-15-9-14-21(28)22(29)26-19-13-8-7-12-18(19)23-27-20(16-31-23)17-10-5-4-6-11-17/h4-8,10-13,20-21H,9,14-16H2,1-3H3,(H,26,29)/t20-,21-/m1/s1. The van der Waals surface area contributed by atoms with Crippen molar-refractivity contribution in [2.75, 3.05) is 18.5 Å². The number of ether oxygens (including phenoxy) is 2. The number of benzene rings is 2. The lowest BCUT2D eigenvalue weighted by atomic mass is 10.1. The molecule has 0 spiro atoms. The van der Waals surface area contributed by atoms with Crippen LogP contribution in [-0.2, 0) is 14.3 Å². The quantitative estimate of drug-likeness (QED) is 0.764. The van der Waals surface area contributed by atoms with Crippen LogP contribution in [0.25, 0.3) is 0 Å². The van der Waals surface area contributed by atoms with E-state index in [-0.39, 0.29) is 11.9 Å². The van der Waals surface area contributed by atoms with Gasteiger partial charge in [-0.1, -0.05) is 42.5 Å². The predicted molar refractivity (Wildman–Crippen MR) is 123 cm³/mol. The Morgan fingerprint density at radius 1 is 1.09 bits per heavy atom. The van der Waals surface area contributed by atoms with E-state index < -0.39 is 17.7 Å². The molecule has 4 rings (SSSR count). The molecule has 0 bridgehead atoms. The first-order valence-electron chi connectivity index (χ1n) is 11.0. The number of carbonyl (C=O) groups excluding carboxylic acids is 2. The van der Waals surface area contributed by atoms with Gasteiger partial charge in [0.25, 0.3) is 0 Å². The van der Waals surface area contributed by atoms with Crippen molar-refractivity contribution in [2.24, 2.45) is 4.99 Å². The number of nitrogens with one attached hydrogen (secondary N) is 1. The van der Waals surface area contributed by atoms with E-state index in [1.54, 1.807) is 0 Å². The molecule has 2 aromatic rings. The van der Waals surface area contributed by atoms with Crippen LogP contribution >= 0.6 is 0 Å². The van der Waals surface area contributed by atoms with E-state index in [1.165, 1.54) is 4.90 Å². The van der Waals surface area contributed by atoms with Crippen LogP contribution in [0, 0.1) is 0 Å². The lowest BCUT2D eigenvalue weighted by Gasteiger charge is -2.28. The fraction of sp³-hybridized carbons (Fsp3) is 0.400. The number of hydrogen-bond acceptors (Lipinski definition) is 5. The predicted octanol–water partition coefficient (Wildman–Crippen LogP) is 4.54. The average molecular weight is 436 g/mol. The van der Waals surface area contributed by atoms with Crippen molar-refractivity contribution >= 4 is 23.6 Å². The maximum absolute atomic E-state index is 13.1. The van der Waals surface area contributed by atoms with Gasteiger partial charge in [-0.05, 0) is 51.3 Å². The zero-order chi connectivity index (χ0) is 22.7. The molecule has 1 N–H and O–H groups in total. The van der Waals surface area contributed by atoms with Gasteiger partial charge in [-0.25, -0.2) is 9.79 Å². The van der Waals surface area contributed by atoms with Gasteiger partial charge in [0.2, 0.25) is 11.8 Å². The summed E-state index contributed by atoms with van der Waals surface area (Å²) in [5.41, 5.74) is 1.81. The molecular formula is C25H29N3O4. The Morgan fingerprint density at radius 3 is 2.56 bits per heavy atom. The monoisotopic (exact) mass is 435 g/mol. The largest absolute Gasteiger partial charge is 0.475 e. The van der Waals surface area contributed by atoms with E-state index in [1.807, 2.05) is 75.4 Å². The van der Waals surface area contributed by atoms with Crippen LogP contribution < -0.4 is 5.32 Å². The number of amides is 2. The molecule has 7 nitrogen and oxygen atoms in total. The Balaban J connectivity index is 1.50. The smallest absolute Gasteiger partial charge is 0.410 e. The van der Waals surface area contributed by atoms with E-state index in [4.69, 9.17) is 14.5 Å². The van der Waals surface area contributed by atoms with Crippen molar-refractivity contribution in [1.82, 2.24) is 4.90 Å². The SMILES string of the molecule is CC(C)(C)OC(=O)N1CCC[C@@H]1C(=O)Nc1ccccc1C1=N[C@@H](c2ccccc2)CO1. The molecule has 32 heavy (non-hydrogen) atoms. The summed E-state index contributed by atoms with van der Waals surface area (Å²) in [6, 6.07) is 16.8. The number of rotatable bonds is 4. The molecule has 2 amide bonds. The molecule has 2 aromatic carbocycles. The van der Waals surface area contributed by atoms with Crippen molar-refractivity contribution in [1.29, 1.82) is 0 Å². The molecule has 2 atom stereocenters. The molecular weight excluding hydrogens is 406 g/mol. The van der Waals surface area contributed by atoms with Crippen LogP contribution in [0.3, 0.4) is 0 Å². The zero-order valence-electron chi connectivity index (χ0n) is 18.7. The summed E-state index contributed by atoms with van der Waals surface area (Å²) in [4.78, 5) is 31.9. The first-order valence-corrected chi connectivity index (χ1v) is 11.0. The number of hydrogen-bond donors (Lipinski definition) is 1. The Bertz CT molecular complexity index is 1010. The summed E-state index contributed by atoms with van der Waals surface area (Å²) in [6.07, 6.45) is 0.895. The summed E-state index contributed by atoms with van der Waals surface area (Å²) in [6.45, 7) is 6.41. The van der Waals surface area contributed by atoms with Crippen molar-refractivity contribution in [3.8, 4) is 0 Å². The van der Waals surface area contributed by atoms with E-state index >= 15 is 0 Å². The van der Waals surface area contributed by atoms with E-state index in [0.717, 1.165) is 17.5 Å². The maximum atomic E-state index is 13.1. The Kier molecular flexibility index (Phi) is 6.17. The van der Waals surface area contributed by atoms with Crippen molar-refractivity contribution in [3.63, 3.8) is 0 Å². The third kappa shape index (κ3) is 4.93. The molecule has 7 heteroatoms. The third-order valence-electron chi connectivity index (χ3n) is 5.43. The van der Waals surface area contributed by atoms with Crippen molar-refractivity contribution < 1.29 is 19.1 Å². The number of anilines is 1. The first kappa shape index (κ1) is 21.9. The highest BCUT2D eigenvalue weighted by Crippen LogP contribution is 2.28. The van der Waals surface area contributed by atoms with Gasteiger partial charge in [-0.2, -0.15) is 0 Å². The second kappa shape index (κ2) is 9.02. The van der Waals surface area contributed by atoms with Gasteiger partial charge in [0.15, 0.2) is 0 Å². The van der Waals surface area contributed by atoms with Crippen LogP contribution in [0.5, 0.6) is 0 Å². The van der Waals surface area contributed by atoms with E-state index in [2.05, 4.69) is 5.32 Å². The summed E-state index contributed by atoms with van der Waals surface area (Å²) >= 11 is 0. The fourth-order valence-electron chi connectivity index (χ4n) is 3.94. The molecule has 0 saturated carbocycles. The molecule has 0 aliphatic carbocycles. The van der Waals surface area contributed by atoms with Crippen molar-refractivity contribution in [2.45, 2.75) is 51.3 Å². The van der Waals surface area contributed by atoms with Crippen LogP contribution in [0.15, 0.2) is 59.6 Å². The van der Waals surface area contributed by atoms with Crippen LogP contribution in [0.1, 0.15) is 50.8 Å². The highest BCUT2D eigenvalue weighted by molar-refractivity contribution is 6.05. The number of aliphatic imine (C=N–C) groups is 1. The average Bonchev–Trinajstić information content (AvgIpc) is 3.44. The Labute approximate surface area is 188 Å². The fourth-order valence-corrected chi connectivity index (χ4v) is 3.94. The summed E-state index contributed by atoms with van der Waals surface area (Å²) < 4.78 is 11.4. The normalized spacial score (nSPS) is 20.5. The zero-order valence-corrected chi connectivity index (χ0v) is 18.7. The molecule has 168 valence electrons. The van der Waals surface area contributed by atoms with Gasteiger partial charge in [0, 0.05) is 6.54 Å². The van der Waals surface area contributed by atoms with Crippen LogP contribution in [0.4, 0.5) is 10.5 Å². The van der Waals surface area contributed by atoms with Crippen LogP contribution in [-0.4, -0.2) is 47.6 Å². The molecule has 2 aliphatic rings. The topological polar surface area (TPSA) is 80.2 Å². The molecule has 1 saturated heterocycles.